The third kappa shape index (κ3) is 6.37. The first-order valence-electron chi connectivity index (χ1n) is 6.41. The highest BCUT2D eigenvalue weighted by Gasteiger charge is 1.96. The molecule has 0 aliphatic carbocycles. The molecular weight excluding hydrogens is 238 g/mol. The number of hydrogen-bond donors (Lipinski definition) is 2. The zero-order chi connectivity index (χ0) is 13.9. The Morgan fingerprint density at radius 1 is 1.42 bits per heavy atom. The molecular formula is C15H21N3O. The van der Waals surface area contributed by atoms with Crippen molar-refractivity contribution >= 4 is 5.96 Å². The number of aryl methyl sites for hydroxylation is 1. The molecule has 1 aromatic carbocycles. The second kappa shape index (κ2) is 8.87. The van der Waals surface area contributed by atoms with Gasteiger partial charge in [-0.15, -0.1) is 6.42 Å². The van der Waals surface area contributed by atoms with Crippen LogP contribution in [0.5, 0.6) is 5.75 Å². The zero-order valence-electron chi connectivity index (χ0n) is 11.6. The van der Waals surface area contributed by atoms with Gasteiger partial charge >= 0.3 is 0 Å². The van der Waals surface area contributed by atoms with Crippen molar-refractivity contribution < 1.29 is 4.74 Å². The summed E-state index contributed by atoms with van der Waals surface area (Å²) in [6.07, 6.45) is 5.20. The average Bonchev–Trinajstić information content (AvgIpc) is 2.41. The lowest BCUT2D eigenvalue weighted by molar-refractivity contribution is 0.328. The SMILES string of the molecule is C#CCNC(=NCCOc1cccc(C)c1)NCC. The van der Waals surface area contributed by atoms with Crippen LogP contribution in [0.4, 0.5) is 0 Å². The van der Waals surface area contributed by atoms with E-state index in [9.17, 15) is 0 Å². The molecule has 0 aromatic heterocycles. The van der Waals surface area contributed by atoms with Gasteiger partial charge in [0, 0.05) is 6.54 Å². The van der Waals surface area contributed by atoms with Gasteiger partial charge in [0.05, 0.1) is 13.1 Å². The van der Waals surface area contributed by atoms with Crippen LogP contribution in [0.2, 0.25) is 0 Å². The number of hydrogen-bond acceptors (Lipinski definition) is 2. The van der Waals surface area contributed by atoms with Crippen LogP contribution in [0.3, 0.4) is 0 Å². The topological polar surface area (TPSA) is 45.7 Å². The molecule has 19 heavy (non-hydrogen) atoms. The van der Waals surface area contributed by atoms with Crippen molar-refractivity contribution in [2.45, 2.75) is 13.8 Å². The molecule has 0 bridgehead atoms. The minimum atomic E-state index is 0.463. The largest absolute Gasteiger partial charge is 0.492 e. The minimum Gasteiger partial charge on any atom is -0.492 e. The monoisotopic (exact) mass is 259 g/mol. The van der Waals surface area contributed by atoms with E-state index in [1.165, 1.54) is 5.56 Å². The third-order valence-corrected chi connectivity index (χ3v) is 2.32. The normalized spacial score (nSPS) is 10.7. The van der Waals surface area contributed by atoms with Gasteiger partial charge in [-0.2, -0.15) is 0 Å². The second-order valence-corrected chi connectivity index (χ2v) is 3.98. The van der Waals surface area contributed by atoms with Crippen molar-refractivity contribution in [1.82, 2.24) is 10.6 Å². The molecule has 1 rings (SSSR count). The highest BCUT2D eigenvalue weighted by Crippen LogP contribution is 2.11. The van der Waals surface area contributed by atoms with E-state index in [4.69, 9.17) is 11.2 Å². The first kappa shape index (κ1) is 14.9. The lowest BCUT2D eigenvalue weighted by Gasteiger charge is -2.09. The molecule has 0 aliphatic rings. The molecule has 102 valence electrons. The van der Waals surface area contributed by atoms with Crippen LogP contribution in [0, 0.1) is 19.3 Å². The maximum absolute atomic E-state index is 5.62. The van der Waals surface area contributed by atoms with Gasteiger partial charge in [-0.1, -0.05) is 18.1 Å². The van der Waals surface area contributed by atoms with Crippen molar-refractivity contribution in [3.8, 4) is 18.1 Å². The number of nitrogens with zero attached hydrogens (tertiary/aromatic N) is 1. The zero-order valence-corrected chi connectivity index (χ0v) is 11.6. The Hall–Kier alpha value is -2.15. The summed E-state index contributed by atoms with van der Waals surface area (Å²) >= 11 is 0. The standard InChI is InChI=1S/C15H21N3O/c1-4-9-17-15(16-5-2)18-10-11-19-14-8-6-7-13(3)12-14/h1,6-8,12H,5,9-11H2,2-3H3,(H2,16,17,18). The van der Waals surface area contributed by atoms with Crippen LogP contribution in [-0.4, -0.2) is 32.2 Å². The summed E-state index contributed by atoms with van der Waals surface area (Å²) in [5.74, 6) is 4.10. The fourth-order valence-corrected chi connectivity index (χ4v) is 1.50. The number of aliphatic imine (C=N–C) groups is 1. The maximum atomic E-state index is 5.62. The Bertz CT molecular complexity index is 449. The molecule has 0 aliphatic heterocycles. The van der Waals surface area contributed by atoms with Crippen molar-refractivity contribution in [2.75, 3.05) is 26.2 Å². The summed E-state index contributed by atoms with van der Waals surface area (Å²) in [5, 5.41) is 6.14. The predicted octanol–water partition coefficient (Wildman–Crippen LogP) is 1.56. The van der Waals surface area contributed by atoms with Gasteiger partial charge < -0.3 is 15.4 Å². The summed E-state index contributed by atoms with van der Waals surface area (Å²) in [5.41, 5.74) is 1.19. The Balaban J connectivity index is 2.36. The molecule has 4 heteroatoms. The van der Waals surface area contributed by atoms with E-state index >= 15 is 0 Å². The van der Waals surface area contributed by atoms with E-state index in [0.29, 0.717) is 25.7 Å². The second-order valence-electron chi connectivity index (χ2n) is 3.98. The molecule has 0 atom stereocenters. The Morgan fingerprint density at radius 2 is 2.26 bits per heavy atom. The Morgan fingerprint density at radius 3 is 2.95 bits per heavy atom. The van der Waals surface area contributed by atoms with E-state index in [-0.39, 0.29) is 0 Å². The quantitative estimate of drug-likeness (QED) is 0.353. The summed E-state index contributed by atoms with van der Waals surface area (Å²) in [6, 6.07) is 7.97. The molecule has 0 spiro atoms. The summed E-state index contributed by atoms with van der Waals surface area (Å²) in [6.45, 7) is 6.43. The summed E-state index contributed by atoms with van der Waals surface area (Å²) in [7, 11) is 0. The van der Waals surface area contributed by atoms with Gasteiger partial charge in [0.15, 0.2) is 5.96 Å². The van der Waals surface area contributed by atoms with Gasteiger partial charge in [-0.3, -0.25) is 0 Å². The number of nitrogens with one attached hydrogen (secondary N) is 2. The number of ether oxygens (including phenoxy) is 1. The van der Waals surface area contributed by atoms with Crippen molar-refractivity contribution in [1.29, 1.82) is 0 Å². The maximum Gasteiger partial charge on any atom is 0.192 e. The first-order valence-corrected chi connectivity index (χ1v) is 6.41. The highest BCUT2D eigenvalue weighted by molar-refractivity contribution is 5.79. The van der Waals surface area contributed by atoms with Crippen molar-refractivity contribution in [3.63, 3.8) is 0 Å². The van der Waals surface area contributed by atoms with Crippen LogP contribution < -0.4 is 15.4 Å². The molecule has 0 unspecified atom stereocenters. The lowest BCUT2D eigenvalue weighted by atomic mass is 10.2. The van der Waals surface area contributed by atoms with E-state index in [0.717, 1.165) is 12.3 Å². The molecule has 1 aromatic rings. The highest BCUT2D eigenvalue weighted by atomic mass is 16.5. The van der Waals surface area contributed by atoms with Crippen LogP contribution in [0.25, 0.3) is 0 Å². The molecule has 2 N–H and O–H groups in total. The lowest BCUT2D eigenvalue weighted by Crippen LogP contribution is -2.37. The fourth-order valence-electron chi connectivity index (χ4n) is 1.50. The Labute approximate surface area is 115 Å². The van der Waals surface area contributed by atoms with Gasteiger partial charge in [-0.25, -0.2) is 4.99 Å². The van der Waals surface area contributed by atoms with E-state index in [1.807, 2.05) is 38.1 Å². The van der Waals surface area contributed by atoms with E-state index < -0.39 is 0 Å². The molecule has 0 radical (unpaired) electrons. The molecule has 0 heterocycles. The van der Waals surface area contributed by atoms with E-state index in [2.05, 4.69) is 21.5 Å². The van der Waals surface area contributed by atoms with Crippen molar-refractivity contribution in [2.24, 2.45) is 4.99 Å². The van der Waals surface area contributed by atoms with Gasteiger partial charge in [0.25, 0.3) is 0 Å². The van der Waals surface area contributed by atoms with Crippen LogP contribution in [-0.2, 0) is 0 Å². The fraction of sp³-hybridized carbons (Fsp3) is 0.400. The summed E-state index contributed by atoms with van der Waals surface area (Å²) in [4.78, 5) is 4.36. The third-order valence-electron chi connectivity index (χ3n) is 2.32. The smallest absolute Gasteiger partial charge is 0.192 e. The van der Waals surface area contributed by atoms with E-state index in [1.54, 1.807) is 0 Å². The average molecular weight is 259 g/mol. The van der Waals surface area contributed by atoms with Gasteiger partial charge in [0.1, 0.15) is 12.4 Å². The number of terminal acetylenes is 1. The predicted molar refractivity (Wildman–Crippen MR) is 79.5 cm³/mol. The molecule has 0 amide bonds. The molecule has 4 nitrogen and oxygen atoms in total. The first-order chi connectivity index (χ1) is 9.26. The molecule has 0 saturated heterocycles. The van der Waals surface area contributed by atoms with Crippen LogP contribution in [0.15, 0.2) is 29.3 Å². The Kier molecular flexibility index (Phi) is 6.96. The van der Waals surface area contributed by atoms with Crippen LogP contribution >= 0.6 is 0 Å². The van der Waals surface area contributed by atoms with Gasteiger partial charge in [0.2, 0.25) is 0 Å². The molecule has 0 saturated carbocycles. The number of rotatable bonds is 6. The van der Waals surface area contributed by atoms with Crippen molar-refractivity contribution in [3.05, 3.63) is 29.8 Å². The molecule has 0 fully saturated rings. The van der Waals surface area contributed by atoms with Gasteiger partial charge in [-0.05, 0) is 31.5 Å². The number of guanidine groups is 1. The minimum absolute atomic E-state index is 0.463. The van der Waals surface area contributed by atoms with Crippen LogP contribution in [0.1, 0.15) is 12.5 Å². The number of benzene rings is 1. The summed E-state index contributed by atoms with van der Waals surface area (Å²) < 4.78 is 5.62.